The van der Waals surface area contributed by atoms with Crippen molar-refractivity contribution in [2.75, 3.05) is 31.1 Å². The van der Waals surface area contributed by atoms with Crippen LogP contribution in [0.3, 0.4) is 0 Å². The van der Waals surface area contributed by atoms with Gasteiger partial charge in [-0.2, -0.15) is 0 Å². The summed E-state index contributed by atoms with van der Waals surface area (Å²) in [4.78, 5) is 11.7. The molecule has 0 saturated carbocycles. The molecule has 5 nitrogen and oxygen atoms in total. The lowest BCUT2D eigenvalue weighted by molar-refractivity contribution is 0.0249. The number of benzene rings is 1. The van der Waals surface area contributed by atoms with Gasteiger partial charge in [0.1, 0.15) is 6.10 Å². The largest absolute Gasteiger partial charge is 0.369 e. The molecule has 1 fully saturated rings. The SMILES string of the molecule is CCN(c1nc(C)cc(C2CNCCO2)n1)c1ccc(C(C)C)cc1I. The lowest BCUT2D eigenvalue weighted by atomic mass is 10.0. The Morgan fingerprint density at radius 2 is 2.12 bits per heavy atom. The van der Waals surface area contributed by atoms with E-state index in [1.54, 1.807) is 0 Å². The number of ether oxygens (including phenoxy) is 1. The predicted molar refractivity (Wildman–Crippen MR) is 114 cm³/mol. The van der Waals surface area contributed by atoms with E-state index in [1.807, 2.05) is 13.0 Å². The number of nitrogens with zero attached hydrogens (tertiary/aromatic N) is 3. The Bertz CT molecular complexity index is 759. The number of aryl methyl sites for hydroxylation is 1. The average molecular weight is 466 g/mol. The molecule has 0 amide bonds. The van der Waals surface area contributed by atoms with Gasteiger partial charge in [0.05, 0.1) is 18.0 Å². The molecule has 3 rings (SSSR count). The Balaban J connectivity index is 1.96. The molecule has 1 unspecified atom stereocenters. The monoisotopic (exact) mass is 466 g/mol. The third-order valence-electron chi connectivity index (χ3n) is 4.61. The van der Waals surface area contributed by atoms with E-state index in [0.29, 0.717) is 5.92 Å². The van der Waals surface area contributed by atoms with Crippen LogP contribution >= 0.6 is 22.6 Å². The minimum atomic E-state index is -0.00899. The fraction of sp³-hybridized carbons (Fsp3) is 0.500. The molecular formula is C20H27IN4O. The number of anilines is 2. The fourth-order valence-corrected chi connectivity index (χ4v) is 3.97. The summed E-state index contributed by atoms with van der Waals surface area (Å²) < 4.78 is 7.11. The van der Waals surface area contributed by atoms with Crippen molar-refractivity contribution in [3.05, 3.63) is 44.8 Å². The normalized spacial score (nSPS) is 17.5. The van der Waals surface area contributed by atoms with Gasteiger partial charge in [-0.05, 0) is 66.1 Å². The summed E-state index contributed by atoms with van der Waals surface area (Å²) in [6, 6.07) is 8.68. The van der Waals surface area contributed by atoms with Crippen molar-refractivity contribution < 1.29 is 4.74 Å². The summed E-state index contributed by atoms with van der Waals surface area (Å²) in [5.74, 6) is 1.26. The molecule has 2 aromatic rings. The smallest absolute Gasteiger partial charge is 0.230 e. The van der Waals surface area contributed by atoms with Crippen LogP contribution in [0.5, 0.6) is 0 Å². The van der Waals surface area contributed by atoms with Gasteiger partial charge in [0.25, 0.3) is 0 Å². The molecule has 2 heterocycles. The van der Waals surface area contributed by atoms with Crippen molar-refractivity contribution in [3.63, 3.8) is 0 Å². The van der Waals surface area contributed by atoms with Crippen LogP contribution in [0.15, 0.2) is 24.3 Å². The van der Waals surface area contributed by atoms with Crippen LogP contribution < -0.4 is 10.2 Å². The average Bonchev–Trinajstić information content (AvgIpc) is 2.64. The van der Waals surface area contributed by atoms with Crippen LogP contribution in [0.25, 0.3) is 0 Å². The van der Waals surface area contributed by atoms with Gasteiger partial charge in [-0.3, -0.25) is 0 Å². The van der Waals surface area contributed by atoms with Gasteiger partial charge < -0.3 is 15.0 Å². The summed E-state index contributed by atoms with van der Waals surface area (Å²) in [5.41, 5.74) is 4.41. The van der Waals surface area contributed by atoms with Crippen molar-refractivity contribution in [2.45, 2.75) is 39.7 Å². The highest BCUT2D eigenvalue weighted by atomic mass is 127. The summed E-state index contributed by atoms with van der Waals surface area (Å²) in [6.45, 7) is 11.8. The number of hydrogen-bond acceptors (Lipinski definition) is 5. The van der Waals surface area contributed by atoms with E-state index in [4.69, 9.17) is 14.7 Å². The van der Waals surface area contributed by atoms with Crippen LogP contribution in [-0.2, 0) is 4.74 Å². The molecule has 0 spiro atoms. The van der Waals surface area contributed by atoms with Crippen molar-refractivity contribution >= 4 is 34.2 Å². The van der Waals surface area contributed by atoms with E-state index in [0.717, 1.165) is 49.3 Å². The molecule has 1 N–H and O–H groups in total. The molecule has 1 aliphatic heterocycles. The van der Waals surface area contributed by atoms with Crippen LogP contribution in [0.2, 0.25) is 0 Å². The molecular weight excluding hydrogens is 439 g/mol. The van der Waals surface area contributed by atoms with E-state index in [9.17, 15) is 0 Å². The molecule has 1 aromatic heterocycles. The van der Waals surface area contributed by atoms with Gasteiger partial charge in [0.2, 0.25) is 5.95 Å². The first-order valence-corrected chi connectivity index (χ1v) is 10.3. The van der Waals surface area contributed by atoms with Crippen LogP contribution in [0.4, 0.5) is 11.6 Å². The number of morpholine rings is 1. The summed E-state index contributed by atoms with van der Waals surface area (Å²) in [7, 11) is 0. The molecule has 1 aromatic carbocycles. The second kappa shape index (κ2) is 8.63. The van der Waals surface area contributed by atoms with Gasteiger partial charge in [-0.15, -0.1) is 0 Å². The molecule has 0 radical (unpaired) electrons. The van der Waals surface area contributed by atoms with Crippen molar-refractivity contribution in [1.82, 2.24) is 15.3 Å². The standard InChI is InChI=1S/C20H27IN4O/c1-5-25(18-7-6-15(13(2)3)11-16(18)21)20-23-14(4)10-17(24-20)19-12-22-8-9-26-19/h6-7,10-11,13,19,22H,5,8-9,12H2,1-4H3. The Morgan fingerprint density at radius 1 is 1.31 bits per heavy atom. The Labute approximate surface area is 169 Å². The maximum atomic E-state index is 5.89. The minimum Gasteiger partial charge on any atom is -0.369 e. The highest BCUT2D eigenvalue weighted by molar-refractivity contribution is 14.1. The summed E-state index contributed by atoms with van der Waals surface area (Å²) >= 11 is 2.41. The van der Waals surface area contributed by atoms with Crippen LogP contribution in [0, 0.1) is 10.5 Å². The van der Waals surface area contributed by atoms with Gasteiger partial charge in [0, 0.05) is 28.9 Å². The van der Waals surface area contributed by atoms with Crippen LogP contribution in [-0.4, -0.2) is 36.2 Å². The lowest BCUT2D eigenvalue weighted by Crippen LogP contribution is -2.34. The first-order chi connectivity index (χ1) is 12.5. The van der Waals surface area contributed by atoms with E-state index in [2.05, 4.69) is 71.8 Å². The Hall–Kier alpha value is -1.25. The molecule has 6 heteroatoms. The van der Waals surface area contributed by atoms with Crippen molar-refractivity contribution in [3.8, 4) is 0 Å². The molecule has 1 aliphatic rings. The summed E-state index contributed by atoms with van der Waals surface area (Å²) in [5, 5.41) is 3.37. The molecule has 26 heavy (non-hydrogen) atoms. The maximum Gasteiger partial charge on any atom is 0.230 e. The predicted octanol–water partition coefficient (Wildman–Crippen LogP) is 4.33. The maximum absolute atomic E-state index is 5.89. The highest BCUT2D eigenvalue weighted by Gasteiger charge is 2.21. The van der Waals surface area contributed by atoms with Gasteiger partial charge in [-0.25, -0.2) is 9.97 Å². The van der Waals surface area contributed by atoms with E-state index in [-0.39, 0.29) is 6.10 Å². The van der Waals surface area contributed by atoms with Gasteiger partial charge >= 0.3 is 0 Å². The minimum absolute atomic E-state index is 0.00899. The number of rotatable bonds is 5. The Morgan fingerprint density at radius 3 is 2.73 bits per heavy atom. The van der Waals surface area contributed by atoms with Crippen LogP contribution in [0.1, 0.15) is 49.7 Å². The van der Waals surface area contributed by atoms with Gasteiger partial charge in [0.15, 0.2) is 0 Å². The number of hydrogen-bond donors (Lipinski definition) is 1. The zero-order valence-corrected chi connectivity index (χ0v) is 18.1. The Kier molecular flexibility index (Phi) is 6.47. The van der Waals surface area contributed by atoms with Crippen molar-refractivity contribution in [1.29, 1.82) is 0 Å². The summed E-state index contributed by atoms with van der Waals surface area (Å²) in [6.07, 6.45) is -0.00899. The topological polar surface area (TPSA) is 50.3 Å². The fourth-order valence-electron chi connectivity index (χ4n) is 3.14. The third-order valence-corrected chi connectivity index (χ3v) is 5.47. The molecule has 0 aliphatic carbocycles. The second-order valence-corrected chi connectivity index (χ2v) is 8.07. The second-order valence-electron chi connectivity index (χ2n) is 6.91. The molecule has 1 saturated heterocycles. The van der Waals surface area contributed by atoms with E-state index >= 15 is 0 Å². The first-order valence-electron chi connectivity index (χ1n) is 9.24. The van der Waals surface area contributed by atoms with Gasteiger partial charge in [-0.1, -0.05) is 19.9 Å². The molecule has 140 valence electrons. The zero-order chi connectivity index (χ0) is 18.7. The van der Waals surface area contributed by atoms with E-state index in [1.165, 1.54) is 9.13 Å². The number of halogens is 1. The first kappa shape index (κ1) is 19.5. The quantitative estimate of drug-likeness (QED) is 0.665. The van der Waals surface area contributed by atoms with Crippen molar-refractivity contribution in [2.24, 2.45) is 0 Å². The highest BCUT2D eigenvalue weighted by Crippen LogP contribution is 2.31. The van der Waals surface area contributed by atoms with E-state index < -0.39 is 0 Å². The molecule has 0 bridgehead atoms. The zero-order valence-electron chi connectivity index (χ0n) is 15.9. The molecule has 1 atom stereocenters. The number of nitrogens with one attached hydrogen (secondary N) is 1. The number of aromatic nitrogens is 2. The third kappa shape index (κ3) is 4.35. The lowest BCUT2D eigenvalue weighted by Gasteiger charge is -2.27.